The normalized spacial score (nSPS) is 22.5. The summed E-state index contributed by atoms with van der Waals surface area (Å²) >= 11 is 0. The maximum absolute atomic E-state index is 12.0. The number of benzene rings is 1. The molecular formula is C17H23N3O. The Balaban J connectivity index is 1.85. The molecule has 2 atom stereocenters. The van der Waals surface area contributed by atoms with Crippen LogP contribution in [0.2, 0.25) is 0 Å². The topological polar surface area (TPSA) is 56.1 Å². The molecule has 1 fully saturated rings. The molecule has 0 radical (unpaired) electrons. The summed E-state index contributed by atoms with van der Waals surface area (Å²) in [6, 6.07) is 10.2. The van der Waals surface area contributed by atoms with Gasteiger partial charge in [-0.25, -0.2) is 0 Å². The van der Waals surface area contributed by atoms with E-state index in [-0.39, 0.29) is 5.91 Å². The molecule has 1 aliphatic rings. The van der Waals surface area contributed by atoms with E-state index < -0.39 is 0 Å². The van der Waals surface area contributed by atoms with E-state index in [2.05, 4.69) is 30.1 Å². The van der Waals surface area contributed by atoms with Gasteiger partial charge < -0.3 is 5.32 Å². The molecule has 1 aliphatic heterocycles. The van der Waals surface area contributed by atoms with E-state index in [1.54, 1.807) is 18.2 Å². The Morgan fingerprint density at radius 3 is 2.76 bits per heavy atom. The molecule has 1 heterocycles. The van der Waals surface area contributed by atoms with Crippen LogP contribution in [-0.4, -0.2) is 29.4 Å². The quantitative estimate of drug-likeness (QED) is 0.924. The molecule has 1 aromatic carbocycles. The molecule has 4 heteroatoms. The van der Waals surface area contributed by atoms with E-state index >= 15 is 0 Å². The number of piperidine rings is 1. The van der Waals surface area contributed by atoms with Crippen LogP contribution >= 0.6 is 0 Å². The van der Waals surface area contributed by atoms with Gasteiger partial charge in [0.15, 0.2) is 0 Å². The summed E-state index contributed by atoms with van der Waals surface area (Å²) in [7, 11) is 0. The molecule has 0 spiro atoms. The Morgan fingerprint density at radius 1 is 1.38 bits per heavy atom. The SMILES string of the molecule is C[C@@H]1CCC[C@H](C)N1CCC(=O)Nc1cccc(C#N)c1. The van der Waals surface area contributed by atoms with E-state index in [1.807, 2.05) is 6.07 Å². The standard InChI is InChI=1S/C17H23N3O/c1-13-5-3-6-14(2)20(13)10-9-17(21)19-16-8-4-7-15(11-16)12-18/h4,7-8,11,13-14H,3,5-6,9-10H2,1-2H3,(H,19,21)/t13-,14+. The second-order valence-electron chi connectivity index (χ2n) is 5.86. The Bertz CT molecular complexity index is 525. The number of carbonyl (C=O) groups excluding carboxylic acids is 1. The first kappa shape index (κ1) is 15.5. The number of anilines is 1. The van der Waals surface area contributed by atoms with Crippen LogP contribution in [0.3, 0.4) is 0 Å². The highest BCUT2D eigenvalue weighted by atomic mass is 16.1. The lowest BCUT2D eigenvalue weighted by atomic mass is 9.97. The minimum atomic E-state index is 0.00932. The molecular weight excluding hydrogens is 262 g/mol. The van der Waals surface area contributed by atoms with E-state index in [0.717, 1.165) is 6.54 Å². The fourth-order valence-corrected chi connectivity index (χ4v) is 3.04. The Hall–Kier alpha value is -1.86. The summed E-state index contributed by atoms with van der Waals surface area (Å²) in [6.07, 6.45) is 4.21. The van der Waals surface area contributed by atoms with Crippen molar-refractivity contribution in [3.8, 4) is 6.07 Å². The van der Waals surface area contributed by atoms with Gasteiger partial charge in [0.2, 0.25) is 5.91 Å². The highest BCUT2D eigenvalue weighted by Crippen LogP contribution is 2.22. The van der Waals surface area contributed by atoms with Crippen molar-refractivity contribution in [2.24, 2.45) is 0 Å². The molecule has 1 aromatic rings. The van der Waals surface area contributed by atoms with Gasteiger partial charge in [0.25, 0.3) is 0 Å². The van der Waals surface area contributed by atoms with Crippen molar-refractivity contribution in [1.82, 2.24) is 4.90 Å². The molecule has 2 rings (SSSR count). The minimum Gasteiger partial charge on any atom is -0.326 e. The van der Waals surface area contributed by atoms with Crippen molar-refractivity contribution in [2.45, 2.75) is 51.6 Å². The molecule has 21 heavy (non-hydrogen) atoms. The Kier molecular flexibility index (Phi) is 5.35. The molecule has 112 valence electrons. The highest BCUT2D eigenvalue weighted by molar-refractivity contribution is 5.90. The smallest absolute Gasteiger partial charge is 0.225 e. The molecule has 4 nitrogen and oxygen atoms in total. The zero-order valence-electron chi connectivity index (χ0n) is 12.8. The van der Waals surface area contributed by atoms with Crippen molar-refractivity contribution < 1.29 is 4.79 Å². The predicted octanol–water partition coefficient (Wildman–Crippen LogP) is 3.15. The van der Waals surface area contributed by atoms with Crippen LogP contribution in [0.15, 0.2) is 24.3 Å². The van der Waals surface area contributed by atoms with Gasteiger partial charge in [0.1, 0.15) is 0 Å². The first-order valence-corrected chi connectivity index (χ1v) is 7.66. The van der Waals surface area contributed by atoms with Crippen LogP contribution in [0.5, 0.6) is 0 Å². The van der Waals surface area contributed by atoms with Crippen molar-refractivity contribution in [3.63, 3.8) is 0 Å². The van der Waals surface area contributed by atoms with Crippen LogP contribution in [0, 0.1) is 11.3 Å². The molecule has 1 amide bonds. The number of rotatable bonds is 4. The average molecular weight is 285 g/mol. The fraction of sp³-hybridized carbons (Fsp3) is 0.529. The number of nitrogens with zero attached hydrogens (tertiary/aromatic N) is 2. The van der Waals surface area contributed by atoms with Crippen LogP contribution in [0.1, 0.15) is 45.1 Å². The molecule has 1 saturated heterocycles. The molecule has 0 bridgehead atoms. The third kappa shape index (κ3) is 4.30. The maximum Gasteiger partial charge on any atom is 0.225 e. The van der Waals surface area contributed by atoms with Crippen molar-refractivity contribution in [3.05, 3.63) is 29.8 Å². The first-order valence-electron chi connectivity index (χ1n) is 7.66. The van der Waals surface area contributed by atoms with E-state index in [4.69, 9.17) is 5.26 Å². The number of likely N-dealkylation sites (tertiary alicyclic amines) is 1. The molecule has 1 N–H and O–H groups in total. The predicted molar refractivity (Wildman–Crippen MR) is 83.9 cm³/mol. The summed E-state index contributed by atoms with van der Waals surface area (Å²) in [5.41, 5.74) is 1.25. The monoisotopic (exact) mass is 285 g/mol. The third-order valence-electron chi connectivity index (χ3n) is 4.25. The first-order chi connectivity index (χ1) is 10.1. The van der Waals surface area contributed by atoms with Gasteiger partial charge in [-0.2, -0.15) is 5.26 Å². The number of hydrogen-bond donors (Lipinski definition) is 1. The number of nitriles is 1. The molecule has 0 aromatic heterocycles. The zero-order valence-corrected chi connectivity index (χ0v) is 12.8. The summed E-state index contributed by atoms with van der Waals surface area (Å²) in [6.45, 7) is 5.28. The van der Waals surface area contributed by atoms with Gasteiger partial charge >= 0.3 is 0 Å². The van der Waals surface area contributed by atoms with Crippen LogP contribution < -0.4 is 5.32 Å². The van der Waals surface area contributed by atoms with Crippen LogP contribution in [0.4, 0.5) is 5.69 Å². The van der Waals surface area contributed by atoms with Gasteiger partial charge in [0.05, 0.1) is 11.6 Å². The summed E-state index contributed by atoms with van der Waals surface area (Å²) in [5.74, 6) is 0.00932. The highest BCUT2D eigenvalue weighted by Gasteiger charge is 2.24. The average Bonchev–Trinajstić information content (AvgIpc) is 2.47. The maximum atomic E-state index is 12.0. The largest absolute Gasteiger partial charge is 0.326 e. The van der Waals surface area contributed by atoms with Gasteiger partial charge in [-0.3, -0.25) is 9.69 Å². The van der Waals surface area contributed by atoms with E-state index in [9.17, 15) is 4.79 Å². The lowest BCUT2D eigenvalue weighted by molar-refractivity contribution is -0.116. The third-order valence-corrected chi connectivity index (χ3v) is 4.25. The lowest BCUT2D eigenvalue weighted by Crippen LogP contribution is -2.44. The minimum absolute atomic E-state index is 0.00932. The van der Waals surface area contributed by atoms with Crippen molar-refractivity contribution >= 4 is 11.6 Å². The lowest BCUT2D eigenvalue weighted by Gasteiger charge is -2.38. The van der Waals surface area contributed by atoms with Gasteiger partial charge in [-0.05, 0) is 44.9 Å². The molecule has 0 unspecified atom stereocenters. The van der Waals surface area contributed by atoms with E-state index in [0.29, 0.717) is 29.8 Å². The summed E-state index contributed by atoms with van der Waals surface area (Å²) in [4.78, 5) is 14.5. The molecule has 0 saturated carbocycles. The van der Waals surface area contributed by atoms with Gasteiger partial charge in [0, 0.05) is 30.7 Å². The van der Waals surface area contributed by atoms with Gasteiger partial charge in [-0.1, -0.05) is 12.5 Å². The number of amides is 1. The van der Waals surface area contributed by atoms with Crippen molar-refractivity contribution in [2.75, 3.05) is 11.9 Å². The van der Waals surface area contributed by atoms with E-state index in [1.165, 1.54) is 19.3 Å². The Labute approximate surface area is 126 Å². The van der Waals surface area contributed by atoms with Gasteiger partial charge in [-0.15, -0.1) is 0 Å². The zero-order chi connectivity index (χ0) is 15.2. The second kappa shape index (κ2) is 7.24. The number of carbonyl (C=O) groups is 1. The second-order valence-corrected chi connectivity index (χ2v) is 5.86. The Morgan fingerprint density at radius 2 is 2.10 bits per heavy atom. The summed E-state index contributed by atoms with van der Waals surface area (Å²) in [5, 5.41) is 11.7. The number of hydrogen-bond acceptors (Lipinski definition) is 3. The van der Waals surface area contributed by atoms with Crippen molar-refractivity contribution in [1.29, 1.82) is 5.26 Å². The molecule has 0 aliphatic carbocycles. The van der Waals surface area contributed by atoms with Crippen LogP contribution in [0.25, 0.3) is 0 Å². The fourth-order valence-electron chi connectivity index (χ4n) is 3.04. The number of nitrogens with one attached hydrogen (secondary N) is 1. The van der Waals surface area contributed by atoms with Crippen LogP contribution in [-0.2, 0) is 4.79 Å². The summed E-state index contributed by atoms with van der Waals surface area (Å²) < 4.78 is 0.